The minimum Gasteiger partial charge on any atom is -0.354 e. The van der Waals surface area contributed by atoms with Gasteiger partial charge >= 0.3 is 0 Å². The van der Waals surface area contributed by atoms with Gasteiger partial charge in [-0.15, -0.1) is 4.40 Å². The Bertz CT molecular complexity index is 1190. The molecule has 4 rings (SSSR count). The Morgan fingerprint density at radius 2 is 1.74 bits per heavy atom. The van der Waals surface area contributed by atoms with Crippen LogP contribution in [-0.2, 0) is 10.0 Å². The van der Waals surface area contributed by atoms with Crippen LogP contribution in [0.4, 0.5) is 8.78 Å². The van der Waals surface area contributed by atoms with Gasteiger partial charge in [-0.3, -0.25) is 4.79 Å². The number of carbonyl (C=O) groups is 1. The van der Waals surface area contributed by atoms with E-state index in [0.717, 1.165) is 18.2 Å². The summed E-state index contributed by atoms with van der Waals surface area (Å²) in [5.74, 6) is -1.67. The van der Waals surface area contributed by atoms with E-state index in [1.807, 2.05) is 11.0 Å². The van der Waals surface area contributed by atoms with Crippen LogP contribution >= 0.6 is 0 Å². The molecule has 9 heteroatoms. The topological polar surface area (TPSA) is 70.1 Å². The zero-order valence-electron chi connectivity index (χ0n) is 16.9. The first-order valence-electron chi connectivity index (χ1n) is 9.89. The number of benzene rings is 2. The molecule has 6 nitrogen and oxygen atoms in total. The van der Waals surface area contributed by atoms with Gasteiger partial charge in [-0.25, -0.2) is 8.78 Å². The van der Waals surface area contributed by atoms with Crippen LogP contribution in [0.3, 0.4) is 0 Å². The Hall–Kier alpha value is -3.07. The average Bonchev–Trinajstić information content (AvgIpc) is 2.90. The predicted octanol–water partition coefficient (Wildman–Crippen LogP) is 3.29. The Kier molecular flexibility index (Phi) is 5.62. The molecule has 0 aromatic heterocycles. The molecule has 1 fully saturated rings. The third-order valence-electron chi connectivity index (χ3n) is 5.42. The zero-order chi connectivity index (χ0) is 22.2. The lowest BCUT2D eigenvalue weighted by Gasteiger charge is -2.24. The van der Waals surface area contributed by atoms with E-state index < -0.39 is 27.6 Å². The highest BCUT2D eigenvalue weighted by Crippen LogP contribution is 2.33. The minimum atomic E-state index is -3.83. The third-order valence-corrected chi connectivity index (χ3v) is 6.89. The van der Waals surface area contributed by atoms with Crippen LogP contribution in [-0.4, -0.2) is 56.1 Å². The summed E-state index contributed by atoms with van der Waals surface area (Å²) in [6.07, 6.45) is 0.537. The molecular weight excluding hydrogens is 424 g/mol. The van der Waals surface area contributed by atoms with Gasteiger partial charge in [0.2, 0.25) is 0 Å². The third kappa shape index (κ3) is 4.10. The fourth-order valence-electron chi connectivity index (χ4n) is 3.94. The second-order valence-corrected chi connectivity index (χ2v) is 9.01. The van der Waals surface area contributed by atoms with Crippen LogP contribution in [0.5, 0.6) is 0 Å². The molecule has 1 amide bonds. The van der Waals surface area contributed by atoms with Crippen molar-refractivity contribution < 1.29 is 22.0 Å². The van der Waals surface area contributed by atoms with E-state index in [4.69, 9.17) is 0 Å². The van der Waals surface area contributed by atoms with E-state index in [9.17, 15) is 22.0 Å². The van der Waals surface area contributed by atoms with Crippen LogP contribution in [0, 0.1) is 11.6 Å². The molecule has 0 bridgehead atoms. The predicted molar refractivity (Wildman–Crippen MR) is 114 cm³/mol. The highest BCUT2D eigenvalue weighted by molar-refractivity contribution is 8.00. The fraction of sp³-hybridized carbons (Fsp3) is 0.273. The maximum absolute atomic E-state index is 14.0. The Morgan fingerprint density at radius 1 is 1.00 bits per heavy atom. The summed E-state index contributed by atoms with van der Waals surface area (Å²) in [6.45, 7) is 3.13. The molecule has 0 N–H and O–H groups in total. The van der Waals surface area contributed by atoms with Crippen LogP contribution in [0.15, 0.2) is 58.5 Å². The highest BCUT2D eigenvalue weighted by atomic mass is 32.2. The Labute approximate surface area is 179 Å². The number of amides is 1. The largest absolute Gasteiger partial charge is 0.354 e. The maximum atomic E-state index is 14.0. The van der Waals surface area contributed by atoms with Gasteiger partial charge in [-0.05, 0) is 37.1 Å². The van der Waals surface area contributed by atoms with Crippen molar-refractivity contribution in [3.63, 3.8) is 0 Å². The number of halogens is 2. The van der Waals surface area contributed by atoms with Gasteiger partial charge in [0.1, 0.15) is 22.4 Å². The van der Waals surface area contributed by atoms with Crippen molar-refractivity contribution >= 4 is 26.7 Å². The van der Waals surface area contributed by atoms with Crippen LogP contribution in [0.25, 0.3) is 4.91 Å². The van der Waals surface area contributed by atoms with Crippen LogP contribution < -0.4 is 0 Å². The monoisotopic (exact) mass is 445 g/mol. The van der Waals surface area contributed by atoms with Crippen molar-refractivity contribution in [2.45, 2.75) is 13.3 Å². The fourth-order valence-corrected chi connectivity index (χ4v) is 5.42. The number of carbonyl (C=O) groups excluding carboxylic acids is 1. The quantitative estimate of drug-likeness (QED) is 0.711. The van der Waals surface area contributed by atoms with Gasteiger partial charge < -0.3 is 9.80 Å². The van der Waals surface area contributed by atoms with Crippen molar-refractivity contribution in [1.29, 1.82) is 0 Å². The van der Waals surface area contributed by atoms with Gasteiger partial charge in [-0.1, -0.05) is 30.3 Å². The average molecular weight is 445 g/mol. The van der Waals surface area contributed by atoms with Crippen molar-refractivity contribution in [2.24, 2.45) is 4.40 Å². The van der Waals surface area contributed by atoms with Crippen molar-refractivity contribution in [3.05, 3.63) is 76.9 Å². The van der Waals surface area contributed by atoms with Gasteiger partial charge in [0.25, 0.3) is 15.9 Å². The number of amidine groups is 1. The number of hydrogen-bond acceptors (Lipinski definition) is 4. The van der Waals surface area contributed by atoms with Gasteiger partial charge in [0, 0.05) is 31.8 Å². The second-order valence-electron chi connectivity index (χ2n) is 7.47. The van der Waals surface area contributed by atoms with Crippen molar-refractivity contribution in [1.82, 2.24) is 9.80 Å². The number of sulfonamides is 1. The maximum Gasteiger partial charge on any atom is 0.285 e. The number of nitrogens with zero attached hydrogens (tertiary/aromatic N) is 3. The smallest absolute Gasteiger partial charge is 0.285 e. The molecule has 0 aliphatic carbocycles. The molecule has 0 unspecified atom stereocenters. The molecule has 0 saturated carbocycles. The molecule has 2 aliphatic rings. The summed E-state index contributed by atoms with van der Waals surface area (Å²) >= 11 is 0. The SMILES string of the molecule is CC1=C(c2ccccc2)S(=O)(=O)N=C1N1CCCN(C(=O)c2cc(F)ccc2F)CC1. The van der Waals surface area contributed by atoms with Crippen molar-refractivity contribution in [3.8, 4) is 0 Å². The molecule has 0 spiro atoms. The highest BCUT2D eigenvalue weighted by Gasteiger charge is 2.34. The summed E-state index contributed by atoms with van der Waals surface area (Å²) in [5.41, 5.74) is 0.825. The summed E-state index contributed by atoms with van der Waals surface area (Å²) in [7, 11) is -3.83. The molecule has 0 atom stereocenters. The molecular formula is C22H21F2N3O3S. The van der Waals surface area contributed by atoms with Crippen LogP contribution in [0.1, 0.15) is 29.3 Å². The van der Waals surface area contributed by atoms with E-state index >= 15 is 0 Å². The van der Waals surface area contributed by atoms with E-state index in [2.05, 4.69) is 4.40 Å². The van der Waals surface area contributed by atoms with Crippen LogP contribution in [0.2, 0.25) is 0 Å². The van der Waals surface area contributed by atoms with E-state index in [0.29, 0.717) is 43.0 Å². The van der Waals surface area contributed by atoms with E-state index in [1.54, 1.807) is 31.2 Å². The second kappa shape index (κ2) is 8.22. The molecule has 2 aromatic carbocycles. The minimum absolute atomic E-state index is 0.183. The number of rotatable bonds is 2. The summed E-state index contributed by atoms with van der Waals surface area (Å²) in [4.78, 5) is 16.2. The summed E-state index contributed by atoms with van der Waals surface area (Å²) in [5, 5.41) is 0. The Balaban J connectivity index is 1.56. The van der Waals surface area contributed by atoms with Gasteiger partial charge in [0.15, 0.2) is 0 Å². The van der Waals surface area contributed by atoms with Gasteiger partial charge in [0.05, 0.1) is 5.56 Å². The van der Waals surface area contributed by atoms with Gasteiger partial charge in [-0.2, -0.15) is 8.42 Å². The summed E-state index contributed by atoms with van der Waals surface area (Å²) in [6, 6.07) is 11.6. The zero-order valence-corrected chi connectivity index (χ0v) is 17.7. The molecule has 162 valence electrons. The lowest BCUT2D eigenvalue weighted by molar-refractivity contribution is 0.0759. The molecule has 0 radical (unpaired) electrons. The lowest BCUT2D eigenvalue weighted by atomic mass is 10.1. The number of hydrogen-bond donors (Lipinski definition) is 0. The standard InChI is InChI=1S/C22H21F2N3O3S/c1-15-20(16-6-3-2-4-7-16)31(29,30)25-21(15)26-10-5-11-27(13-12-26)22(28)18-14-17(23)8-9-19(18)24/h2-4,6-9,14H,5,10-13H2,1H3. The first-order chi connectivity index (χ1) is 14.8. The first-order valence-corrected chi connectivity index (χ1v) is 11.3. The Morgan fingerprint density at radius 3 is 2.48 bits per heavy atom. The lowest BCUT2D eigenvalue weighted by Crippen LogP contribution is -2.37. The molecule has 2 aromatic rings. The molecule has 2 aliphatic heterocycles. The van der Waals surface area contributed by atoms with E-state index in [1.165, 1.54) is 4.90 Å². The van der Waals surface area contributed by atoms with Crippen molar-refractivity contribution in [2.75, 3.05) is 26.2 Å². The molecule has 31 heavy (non-hydrogen) atoms. The summed E-state index contributed by atoms with van der Waals surface area (Å²) < 4.78 is 57.0. The first kappa shape index (κ1) is 21.2. The van der Waals surface area contributed by atoms with E-state index in [-0.39, 0.29) is 17.0 Å². The normalized spacial score (nSPS) is 18.7. The molecule has 2 heterocycles. The molecule has 1 saturated heterocycles.